The van der Waals surface area contributed by atoms with Crippen molar-refractivity contribution in [3.8, 4) is 5.75 Å². The van der Waals surface area contributed by atoms with Crippen molar-refractivity contribution in [1.82, 2.24) is 20.2 Å². The highest BCUT2D eigenvalue weighted by Crippen LogP contribution is 2.41. The molecule has 1 aliphatic heterocycles. The fraction of sp³-hybridized carbons (Fsp3) is 0.333. The van der Waals surface area contributed by atoms with E-state index in [4.69, 9.17) is 9.84 Å². The van der Waals surface area contributed by atoms with Gasteiger partial charge in [0.25, 0.3) is 0 Å². The van der Waals surface area contributed by atoms with Gasteiger partial charge >= 0.3 is 12.3 Å². The van der Waals surface area contributed by atoms with E-state index in [9.17, 15) is 22.4 Å². The number of carbonyl (C=O) groups is 1. The number of ether oxygens (including phenoxy) is 1. The molecule has 1 amide bonds. The average Bonchev–Trinajstić information content (AvgIpc) is 3.18. The topological polar surface area (TPSA) is 112 Å². The number of hydrogen-bond acceptors (Lipinski definition) is 7. The number of methoxy groups -OCH3 is 1. The molecule has 0 aliphatic carbocycles. The Kier molecular flexibility index (Phi) is 7.16. The molecule has 1 saturated heterocycles. The van der Waals surface area contributed by atoms with Gasteiger partial charge in [-0.2, -0.15) is 18.3 Å². The largest absolute Gasteiger partial charge is 0.494 e. The van der Waals surface area contributed by atoms with Gasteiger partial charge in [0, 0.05) is 30.7 Å². The molecule has 0 bridgehead atoms. The summed E-state index contributed by atoms with van der Waals surface area (Å²) in [6.07, 6.45) is -3.12. The van der Waals surface area contributed by atoms with Crippen LogP contribution in [0.15, 0.2) is 47.7 Å². The first-order chi connectivity index (χ1) is 17.5. The van der Waals surface area contributed by atoms with Crippen LogP contribution in [0.1, 0.15) is 30.6 Å². The number of rotatable bonds is 7. The van der Waals surface area contributed by atoms with Crippen molar-refractivity contribution in [1.29, 1.82) is 0 Å². The summed E-state index contributed by atoms with van der Waals surface area (Å²) in [5.74, 6) is 0.0269. The zero-order valence-electron chi connectivity index (χ0n) is 19.9. The first kappa shape index (κ1) is 26.1. The van der Waals surface area contributed by atoms with Crippen LogP contribution in [0, 0.1) is 5.82 Å². The summed E-state index contributed by atoms with van der Waals surface area (Å²) in [7, 11) is 1.41. The lowest BCUT2D eigenvalue weighted by Crippen LogP contribution is -2.48. The number of amides is 1. The first-order valence-electron chi connectivity index (χ1n) is 11.2. The Hall–Kier alpha value is -4.00. The molecule has 1 aromatic carbocycles. The zero-order valence-corrected chi connectivity index (χ0v) is 19.9. The third-order valence-corrected chi connectivity index (χ3v) is 6.03. The Balaban J connectivity index is 1.47. The Morgan fingerprint density at radius 1 is 1.30 bits per heavy atom. The van der Waals surface area contributed by atoms with Gasteiger partial charge in [0.05, 0.1) is 24.6 Å². The third-order valence-electron chi connectivity index (χ3n) is 6.03. The van der Waals surface area contributed by atoms with Crippen molar-refractivity contribution in [2.45, 2.75) is 31.1 Å². The Morgan fingerprint density at radius 3 is 2.73 bits per heavy atom. The van der Waals surface area contributed by atoms with E-state index in [-0.39, 0.29) is 36.6 Å². The lowest BCUT2D eigenvalue weighted by molar-refractivity contribution is -0.184. The van der Waals surface area contributed by atoms with Gasteiger partial charge < -0.3 is 15.2 Å². The predicted molar refractivity (Wildman–Crippen MR) is 128 cm³/mol. The van der Waals surface area contributed by atoms with Gasteiger partial charge in [-0.25, -0.2) is 19.2 Å². The quantitative estimate of drug-likeness (QED) is 0.238. The van der Waals surface area contributed by atoms with Crippen LogP contribution in [0.4, 0.5) is 28.2 Å². The van der Waals surface area contributed by atoms with E-state index in [1.165, 1.54) is 42.5 Å². The number of anilines is 1. The normalized spacial score (nSPS) is 19.3. The molecule has 1 aliphatic rings. The number of hydrogen-bond donors (Lipinski definition) is 3. The number of likely N-dealkylation sites (tertiary alicyclic amines) is 1. The minimum Gasteiger partial charge on any atom is -0.494 e. The number of carboxylic acid groups (broad SMARTS) is 1. The Labute approximate surface area is 209 Å². The van der Waals surface area contributed by atoms with Crippen LogP contribution in [0.2, 0.25) is 0 Å². The molecule has 9 nitrogen and oxygen atoms in total. The number of fused-ring (bicyclic) bond motifs is 1. The summed E-state index contributed by atoms with van der Waals surface area (Å²) in [4.78, 5) is 20.6. The molecule has 196 valence electrons. The second kappa shape index (κ2) is 10.2. The van der Waals surface area contributed by atoms with Crippen LogP contribution in [0.5, 0.6) is 5.75 Å². The summed E-state index contributed by atoms with van der Waals surface area (Å²) in [5.41, 5.74) is 2.48. The van der Waals surface area contributed by atoms with Crippen molar-refractivity contribution in [2.75, 3.05) is 25.6 Å². The van der Waals surface area contributed by atoms with Gasteiger partial charge in [-0.15, -0.1) is 0 Å². The van der Waals surface area contributed by atoms with Crippen LogP contribution in [-0.2, 0) is 0 Å². The number of alkyl halides is 3. The number of nitrogens with zero attached hydrogens (tertiary/aromatic N) is 4. The lowest BCUT2D eigenvalue weighted by Gasteiger charge is -2.31. The third kappa shape index (κ3) is 6.05. The molecule has 1 unspecified atom stereocenters. The number of hydrazone groups is 1. The van der Waals surface area contributed by atoms with Crippen molar-refractivity contribution >= 4 is 29.0 Å². The van der Waals surface area contributed by atoms with Crippen LogP contribution >= 0.6 is 0 Å². The average molecular weight is 520 g/mol. The minimum atomic E-state index is -4.59. The number of aromatic nitrogens is 2. The smallest absolute Gasteiger partial charge is 0.408 e. The number of pyridine rings is 2. The summed E-state index contributed by atoms with van der Waals surface area (Å²) >= 11 is 0. The minimum absolute atomic E-state index is 0.0709. The molecule has 0 spiro atoms. The molecule has 3 heterocycles. The van der Waals surface area contributed by atoms with Crippen LogP contribution in [0.25, 0.3) is 10.9 Å². The summed E-state index contributed by atoms with van der Waals surface area (Å²) < 4.78 is 60.7. The van der Waals surface area contributed by atoms with Gasteiger partial charge in [0.1, 0.15) is 28.9 Å². The maximum Gasteiger partial charge on any atom is 0.408 e. The van der Waals surface area contributed by atoms with Gasteiger partial charge in [-0.1, -0.05) is 12.1 Å². The first-order valence-corrected chi connectivity index (χ1v) is 11.2. The van der Waals surface area contributed by atoms with Crippen LogP contribution < -0.4 is 15.5 Å². The highest BCUT2D eigenvalue weighted by molar-refractivity contribution is 5.89. The van der Waals surface area contributed by atoms with Crippen molar-refractivity contribution in [3.63, 3.8) is 0 Å². The standard InChI is InChI=1S/C24H24F4N6O3/c1-23(32-22(35)36)7-8-34(13-23)21(24(26,27)28)15-4-6-19(29-11-15)33-30-12-17-5-3-14-9-16(25)10-18(37-2)20(14)31-17/h3-6,9-12,21,32H,7-8,13H2,1-2H3,(H,29,33)(H,35,36)/b30-12+/t21?,23-/m0/s1. The fourth-order valence-electron chi connectivity index (χ4n) is 4.39. The van der Waals surface area contributed by atoms with E-state index >= 15 is 0 Å². The maximum absolute atomic E-state index is 14.0. The Morgan fingerprint density at radius 2 is 2.08 bits per heavy atom. The van der Waals surface area contributed by atoms with E-state index in [0.29, 0.717) is 16.6 Å². The van der Waals surface area contributed by atoms with E-state index in [0.717, 1.165) is 6.20 Å². The maximum atomic E-state index is 14.0. The molecule has 0 saturated carbocycles. The molecular weight excluding hydrogens is 496 g/mol. The second-order valence-electron chi connectivity index (χ2n) is 8.92. The molecular formula is C24H24F4N6O3. The van der Waals surface area contributed by atoms with Gasteiger partial charge in [-0.3, -0.25) is 10.3 Å². The van der Waals surface area contributed by atoms with Crippen molar-refractivity contribution < 1.29 is 32.2 Å². The highest BCUT2D eigenvalue weighted by Gasteiger charge is 2.49. The van der Waals surface area contributed by atoms with Gasteiger partial charge in [0.15, 0.2) is 0 Å². The Bertz CT molecular complexity index is 1320. The zero-order chi connectivity index (χ0) is 26.8. The van der Waals surface area contributed by atoms with Crippen molar-refractivity contribution in [2.24, 2.45) is 5.10 Å². The van der Waals surface area contributed by atoms with Gasteiger partial charge in [-0.05, 0) is 37.1 Å². The fourth-order valence-corrected chi connectivity index (χ4v) is 4.39. The number of benzene rings is 1. The van der Waals surface area contributed by atoms with E-state index in [1.807, 2.05) is 0 Å². The predicted octanol–water partition coefficient (Wildman–Crippen LogP) is 4.56. The monoisotopic (exact) mass is 520 g/mol. The molecule has 0 radical (unpaired) electrons. The van der Waals surface area contributed by atoms with E-state index in [1.54, 1.807) is 19.1 Å². The molecule has 3 aromatic rings. The van der Waals surface area contributed by atoms with Gasteiger partial charge in [0.2, 0.25) is 0 Å². The molecule has 2 aromatic heterocycles. The summed E-state index contributed by atoms with van der Waals surface area (Å²) in [6.45, 7) is 1.56. The molecule has 4 rings (SSSR count). The van der Waals surface area contributed by atoms with E-state index in [2.05, 4.69) is 25.8 Å². The van der Waals surface area contributed by atoms with E-state index < -0.39 is 29.7 Å². The summed E-state index contributed by atoms with van der Waals surface area (Å²) in [5, 5.41) is 15.9. The van der Waals surface area contributed by atoms with Crippen LogP contribution in [-0.4, -0.2) is 64.2 Å². The second-order valence-corrected chi connectivity index (χ2v) is 8.92. The molecule has 2 atom stereocenters. The number of nitrogens with one attached hydrogen (secondary N) is 2. The molecule has 3 N–H and O–H groups in total. The SMILES string of the molecule is COc1cc(F)cc2ccc(/C=N/Nc3ccc(C(N4CC[C@](C)(NC(=O)O)C4)C(F)(F)F)cn3)nc12. The molecule has 37 heavy (non-hydrogen) atoms. The number of halogens is 4. The highest BCUT2D eigenvalue weighted by atomic mass is 19.4. The van der Waals surface area contributed by atoms with Crippen LogP contribution in [0.3, 0.4) is 0 Å². The lowest BCUT2D eigenvalue weighted by atomic mass is 10.0. The van der Waals surface area contributed by atoms with Crippen molar-refractivity contribution in [3.05, 3.63) is 59.7 Å². The summed E-state index contributed by atoms with van der Waals surface area (Å²) in [6, 6.07) is 6.58. The molecule has 1 fully saturated rings. The molecule has 13 heteroatoms.